The molecule has 0 radical (unpaired) electrons. The minimum absolute atomic E-state index is 0.0231. The summed E-state index contributed by atoms with van der Waals surface area (Å²) in [5.41, 5.74) is 6.27. The summed E-state index contributed by atoms with van der Waals surface area (Å²) in [6, 6.07) is 0.0231. The van der Waals surface area contributed by atoms with Crippen molar-refractivity contribution in [2.45, 2.75) is 39.7 Å². The second-order valence-electron chi connectivity index (χ2n) is 5.68. The maximum atomic E-state index is 6.07. The number of nitrogens with two attached hydrogens (primary N) is 1. The SMILES string of the molecule is CC(C)(C)CC(N)Cc1nc(-c2ncc[nH]2)no1. The molecule has 6 heteroatoms. The van der Waals surface area contributed by atoms with Crippen LogP contribution in [0.3, 0.4) is 0 Å². The lowest BCUT2D eigenvalue weighted by Gasteiger charge is -2.21. The lowest BCUT2D eigenvalue weighted by Crippen LogP contribution is -2.28. The Bertz CT molecular complexity index is 483. The molecular weight excluding hydrogens is 230 g/mol. The van der Waals surface area contributed by atoms with Crippen molar-refractivity contribution >= 4 is 0 Å². The number of hydrogen-bond donors (Lipinski definition) is 2. The van der Waals surface area contributed by atoms with E-state index in [2.05, 4.69) is 40.9 Å². The summed E-state index contributed by atoms with van der Waals surface area (Å²) >= 11 is 0. The van der Waals surface area contributed by atoms with Gasteiger partial charge in [0.1, 0.15) is 0 Å². The first-order valence-electron chi connectivity index (χ1n) is 6.02. The fourth-order valence-electron chi connectivity index (χ4n) is 1.90. The minimum Gasteiger partial charge on any atom is -0.342 e. The van der Waals surface area contributed by atoms with E-state index >= 15 is 0 Å². The Labute approximate surface area is 106 Å². The highest BCUT2D eigenvalue weighted by Crippen LogP contribution is 2.21. The van der Waals surface area contributed by atoms with Crippen molar-refractivity contribution in [1.82, 2.24) is 20.1 Å². The second kappa shape index (κ2) is 4.89. The Morgan fingerprint density at radius 2 is 2.22 bits per heavy atom. The summed E-state index contributed by atoms with van der Waals surface area (Å²) in [5.74, 6) is 1.63. The summed E-state index contributed by atoms with van der Waals surface area (Å²) in [4.78, 5) is 11.3. The highest BCUT2D eigenvalue weighted by atomic mass is 16.5. The lowest BCUT2D eigenvalue weighted by atomic mass is 9.87. The van der Waals surface area contributed by atoms with Gasteiger partial charge < -0.3 is 15.2 Å². The molecule has 3 N–H and O–H groups in total. The van der Waals surface area contributed by atoms with E-state index in [9.17, 15) is 0 Å². The molecule has 0 saturated heterocycles. The molecule has 1 unspecified atom stereocenters. The minimum atomic E-state index is 0.0231. The molecule has 18 heavy (non-hydrogen) atoms. The van der Waals surface area contributed by atoms with Gasteiger partial charge in [0.2, 0.25) is 11.7 Å². The molecule has 0 aliphatic rings. The van der Waals surface area contributed by atoms with Gasteiger partial charge in [-0.3, -0.25) is 0 Å². The lowest BCUT2D eigenvalue weighted by molar-refractivity contribution is 0.313. The molecule has 0 spiro atoms. The van der Waals surface area contributed by atoms with E-state index < -0.39 is 0 Å². The van der Waals surface area contributed by atoms with Crippen LogP contribution >= 0.6 is 0 Å². The van der Waals surface area contributed by atoms with Crippen LogP contribution in [0.2, 0.25) is 0 Å². The number of nitrogens with one attached hydrogen (secondary N) is 1. The third-order valence-electron chi connectivity index (χ3n) is 2.49. The van der Waals surface area contributed by atoms with Gasteiger partial charge in [-0.1, -0.05) is 25.9 Å². The Kier molecular flexibility index (Phi) is 3.47. The first kappa shape index (κ1) is 12.8. The largest absolute Gasteiger partial charge is 0.342 e. The molecule has 2 aromatic rings. The second-order valence-corrected chi connectivity index (χ2v) is 5.68. The van der Waals surface area contributed by atoms with Crippen molar-refractivity contribution in [3.8, 4) is 11.6 Å². The van der Waals surface area contributed by atoms with Gasteiger partial charge in [0.25, 0.3) is 0 Å². The van der Waals surface area contributed by atoms with E-state index in [1.165, 1.54) is 0 Å². The van der Waals surface area contributed by atoms with Crippen LogP contribution < -0.4 is 5.73 Å². The Morgan fingerprint density at radius 1 is 1.44 bits per heavy atom. The molecular formula is C12H19N5O. The zero-order chi connectivity index (χ0) is 13.2. The van der Waals surface area contributed by atoms with E-state index in [1.807, 2.05) is 0 Å². The van der Waals surface area contributed by atoms with E-state index in [0.29, 0.717) is 24.0 Å². The van der Waals surface area contributed by atoms with Gasteiger partial charge in [-0.05, 0) is 11.8 Å². The number of aromatic nitrogens is 4. The Balaban J connectivity index is 1.99. The van der Waals surface area contributed by atoms with Gasteiger partial charge in [0.15, 0.2) is 5.82 Å². The van der Waals surface area contributed by atoms with E-state index in [1.54, 1.807) is 12.4 Å². The molecule has 0 aliphatic heterocycles. The molecule has 0 aliphatic carbocycles. The van der Waals surface area contributed by atoms with Crippen LogP contribution in [-0.2, 0) is 6.42 Å². The molecule has 0 fully saturated rings. The highest BCUT2D eigenvalue weighted by Gasteiger charge is 2.19. The molecule has 0 bridgehead atoms. The maximum Gasteiger partial charge on any atom is 0.238 e. The van der Waals surface area contributed by atoms with Crippen molar-refractivity contribution < 1.29 is 4.52 Å². The van der Waals surface area contributed by atoms with Crippen LogP contribution in [0.4, 0.5) is 0 Å². The van der Waals surface area contributed by atoms with Gasteiger partial charge in [-0.25, -0.2) is 4.98 Å². The molecule has 98 valence electrons. The van der Waals surface area contributed by atoms with Crippen LogP contribution in [0.25, 0.3) is 11.6 Å². The fourth-order valence-corrected chi connectivity index (χ4v) is 1.90. The molecule has 6 nitrogen and oxygen atoms in total. The normalized spacial score (nSPS) is 13.8. The van der Waals surface area contributed by atoms with Gasteiger partial charge in [0, 0.05) is 24.9 Å². The van der Waals surface area contributed by atoms with Crippen LogP contribution in [-0.4, -0.2) is 26.2 Å². The first-order chi connectivity index (χ1) is 8.44. The summed E-state index contributed by atoms with van der Waals surface area (Å²) in [7, 11) is 0. The average Bonchev–Trinajstić information content (AvgIpc) is 2.82. The molecule has 0 saturated carbocycles. The number of aromatic amines is 1. The molecule has 1 atom stereocenters. The van der Waals surface area contributed by atoms with Crippen LogP contribution in [0.5, 0.6) is 0 Å². The van der Waals surface area contributed by atoms with Crippen molar-refractivity contribution in [2.75, 3.05) is 0 Å². The van der Waals surface area contributed by atoms with Crippen LogP contribution in [0.1, 0.15) is 33.1 Å². The number of rotatable bonds is 4. The summed E-state index contributed by atoms with van der Waals surface area (Å²) in [6.07, 6.45) is 4.86. The van der Waals surface area contributed by atoms with Gasteiger partial charge in [-0.15, -0.1) is 0 Å². The zero-order valence-electron chi connectivity index (χ0n) is 11.0. The van der Waals surface area contributed by atoms with Crippen molar-refractivity contribution in [2.24, 2.45) is 11.1 Å². The first-order valence-corrected chi connectivity index (χ1v) is 6.02. The third kappa shape index (κ3) is 3.40. The van der Waals surface area contributed by atoms with Gasteiger partial charge in [0.05, 0.1) is 0 Å². The summed E-state index contributed by atoms with van der Waals surface area (Å²) in [6.45, 7) is 6.48. The van der Waals surface area contributed by atoms with Crippen molar-refractivity contribution in [3.63, 3.8) is 0 Å². The van der Waals surface area contributed by atoms with E-state index in [-0.39, 0.29) is 11.5 Å². The van der Waals surface area contributed by atoms with E-state index in [4.69, 9.17) is 10.3 Å². The average molecular weight is 249 g/mol. The van der Waals surface area contributed by atoms with Gasteiger partial charge >= 0.3 is 0 Å². The highest BCUT2D eigenvalue weighted by molar-refractivity contribution is 5.40. The Hall–Kier alpha value is -1.69. The fraction of sp³-hybridized carbons (Fsp3) is 0.583. The Morgan fingerprint density at radius 3 is 2.83 bits per heavy atom. The third-order valence-corrected chi connectivity index (χ3v) is 2.49. The smallest absolute Gasteiger partial charge is 0.238 e. The van der Waals surface area contributed by atoms with Gasteiger partial charge in [-0.2, -0.15) is 4.98 Å². The van der Waals surface area contributed by atoms with E-state index in [0.717, 1.165) is 6.42 Å². The maximum absolute atomic E-state index is 6.07. The monoisotopic (exact) mass is 249 g/mol. The summed E-state index contributed by atoms with van der Waals surface area (Å²) in [5, 5.41) is 3.87. The molecule has 2 rings (SSSR count). The number of hydrogen-bond acceptors (Lipinski definition) is 5. The number of nitrogens with zero attached hydrogens (tertiary/aromatic N) is 3. The predicted octanol–water partition coefficient (Wildman–Crippen LogP) is 1.77. The zero-order valence-corrected chi connectivity index (χ0v) is 11.0. The molecule has 2 aromatic heterocycles. The number of imidazole rings is 1. The quantitative estimate of drug-likeness (QED) is 0.861. The predicted molar refractivity (Wildman–Crippen MR) is 67.6 cm³/mol. The molecule has 0 aromatic carbocycles. The summed E-state index contributed by atoms with van der Waals surface area (Å²) < 4.78 is 5.17. The topological polar surface area (TPSA) is 93.6 Å². The number of H-pyrrole nitrogens is 1. The molecule has 2 heterocycles. The van der Waals surface area contributed by atoms with Crippen molar-refractivity contribution in [3.05, 3.63) is 18.3 Å². The van der Waals surface area contributed by atoms with Crippen molar-refractivity contribution in [1.29, 1.82) is 0 Å². The van der Waals surface area contributed by atoms with Crippen LogP contribution in [0, 0.1) is 5.41 Å². The molecule has 0 amide bonds. The van der Waals surface area contributed by atoms with Crippen LogP contribution in [0.15, 0.2) is 16.9 Å². The standard InChI is InChI=1S/C12H19N5O/c1-12(2,3)7-8(13)6-9-16-11(17-18-9)10-14-4-5-15-10/h4-5,8H,6-7,13H2,1-3H3,(H,14,15).